The number of ether oxygens (including phenoxy) is 3. The van der Waals surface area contributed by atoms with Crippen LogP contribution >= 0.6 is 15.9 Å². The maximum atomic E-state index is 5.94. The number of pyridine rings is 1. The van der Waals surface area contributed by atoms with Gasteiger partial charge in [-0.25, -0.2) is 0 Å². The number of anilines is 2. The molecule has 174 valence electrons. The Balaban J connectivity index is 1.63. The number of fused-ring (bicyclic) bond motifs is 1. The van der Waals surface area contributed by atoms with E-state index >= 15 is 0 Å². The maximum absolute atomic E-state index is 5.94. The van der Waals surface area contributed by atoms with Gasteiger partial charge >= 0.3 is 0 Å². The Morgan fingerprint density at radius 1 is 1.19 bits per heavy atom. The summed E-state index contributed by atoms with van der Waals surface area (Å²) in [6.45, 7) is 11.5. The summed E-state index contributed by atoms with van der Waals surface area (Å²) in [5, 5.41) is 8.45. The van der Waals surface area contributed by atoms with Gasteiger partial charge in [0.15, 0.2) is 5.79 Å². The van der Waals surface area contributed by atoms with Gasteiger partial charge in [-0.1, -0.05) is 22.9 Å². The Kier molecular flexibility index (Phi) is 7.10. The fourth-order valence-corrected chi connectivity index (χ4v) is 4.23. The van der Waals surface area contributed by atoms with Crippen molar-refractivity contribution in [1.29, 1.82) is 0 Å². The van der Waals surface area contributed by atoms with E-state index in [1.54, 1.807) is 0 Å². The minimum absolute atomic E-state index is 0.127. The fraction of sp³-hybridized carbons (Fsp3) is 0.560. The number of benzene rings is 1. The summed E-state index contributed by atoms with van der Waals surface area (Å²) in [4.78, 5) is 4.72. The molecule has 2 N–H and O–H groups in total. The van der Waals surface area contributed by atoms with Crippen molar-refractivity contribution >= 4 is 38.2 Å². The number of halogens is 1. The molecule has 1 aliphatic heterocycles. The van der Waals surface area contributed by atoms with Gasteiger partial charge in [-0.15, -0.1) is 0 Å². The first kappa shape index (κ1) is 23.5. The van der Waals surface area contributed by atoms with Gasteiger partial charge in [0.1, 0.15) is 0 Å². The van der Waals surface area contributed by atoms with E-state index in [-0.39, 0.29) is 5.41 Å². The molecule has 2 heterocycles. The second kappa shape index (κ2) is 9.67. The summed E-state index contributed by atoms with van der Waals surface area (Å²) in [6.07, 6.45) is 5.43. The lowest BCUT2D eigenvalue weighted by Crippen LogP contribution is -2.48. The topological polar surface area (TPSA) is 64.6 Å². The van der Waals surface area contributed by atoms with Crippen LogP contribution in [0.1, 0.15) is 47.0 Å². The van der Waals surface area contributed by atoms with Crippen LogP contribution in [0.25, 0.3) is 10.9 Å². The summed E-state index contributed by atoms with van der Waals surface area (Å²) >= 11 is 3.57. The van der Waals surface area contributed by atoms with Gasteiger partial charge in [-0.3, -0.25) is 4.98 Å². The molecule has 1 aromatic heterocycles. The predicted molar refractivity (Wildman–Crippen MR) is 133 cm³/mol. The Morgan fingerprint density at radius 2 is 1.94 bits per heavy atom. The normalized spacial score (nSPS) is 19.5. The van der Waals surface area contributed by atoms with Crippen molar-refractivity contribution in [2.75, 3.05) is 43.6 Å². The molecule has 1 saturated carbocycles. The molecule has 0 bridgehead atoms. The first-order valence-corrected chi connectivity index (χ1v) is 12.2. The zero-order valence-corrected chi connectivity index (χ0v) is 21.1. The van der Waals surface area contributed by atoms with Gasteiger partial charge in [0.2, 0.25) is 0 Å². The molecule has 1 aromatic carbocycles. The molecule has 4 rings (SSSR count). The van der Waals surface area contributed by atoms with E-state index in [1.165, 1.54) is 12.0 Å². The molecule has 7 heteroatoms. The van der Waals surface area contributed by atoms with Crippen LogP contribution in [-0.2, 0) is 14.2 Å². The zero-order chi connectivity index (χ0) is 22.8. The third kappa shape index (κ3) is 5.45. The average molecular weight is 504 g/mol. The minimum atomic E-state index is -0.523. The summed E-state index contributed by atoms with van der Waals surface area (Å²) < 4.78 is 18.7. The Bertz CT molecular complexity index is 989. The fourth-order valence-electron chi connectivity index (χ4n) is 3.88. The number of allylic oxidation sites excluding steroid dienone is 1. The van der Waals surface area contributed by atoms with Crippen LogP contribution in [-0.4, -0.2) is 43.7 Å². The van der Waals surface area contributed by atoms with Crippen molar-refractivity contribution in [1.82, 2.24) is 4.98 Å². The summed E-state index contributed by atoms with van der Waals surface area (Å²) in [7, 11) is 0. The van der Waals surface area contributed by atoms with Crippen LogP contribution < -0.4 is 10.6 Å². The largest absolute Gasteiger partial charge is 0.382 e. The lowest BCUT2D eigenvalue weighted by molar-refractivity contribution is -0.279. The zero-order valence-electron chi connectivity index (χ0n) is 19.5. The van der Waals surface area contributed by atoms with E-state index in [9.17, 15) is 0 Å². The first-order valence-electron chi connectivity index (χ1n) is 11.4. The minimum Gasteiger partial charge on any atom is -0.382 e. The van der Waals surface area contributed by atoms with Gasteiger partial charge in [0, 0.05) is 34.1 Å². The van der Waals surface area contributed by atoms with E-state index in [2.05, 4.69) is 45.6 Å². The molecule has 2 fully saturated rings. The van der Waals surface area contributed by atoms with Crippen molar-refractivity contribution in [3.05, 3.63) is 40.1 Å². The summed E-state index contributed by atoms with van der Waals surface area (Å²) in [5.41, 5.74) is 5.44. The molecule has 1 aliphatic carbocycles. The van der Waals surface area contributed by atoms with Gasteiger partial charge in [0.25, 0.3) is 0 Å². The number of rotatable bonds is 8. The summed E-state index contributed by atoms with van der Waals surface area (Å²) in [5.74, 6) is -0.523. The Labute approximate surface area is 199 Å². The molecule has 0 radical (unpaired) electrons. The smallest absolute Gasteiger partial charge is 0.162 e. The van der Waals surface area contributed by atoms with Crippen LogP contribution in [0.15, 0.2) is 40.1 Å². The van der Waals surface area contributed by atoms with E-state index in [0.717, 1.165) is 51.8 Å². The van der Waals surface area contributed by atoms with Crippen molar-refractivity contribution in [2.24, 2.45) is 5.41 Å². The lowest BCUT2D eigenvalue weighted by atomic mass is 9.90. The summed E-state index contributed by atoms with van der Waals surface area (Å²) in [6, 6.07) is 6.21. The van der Waals surface area contributed by atoms with Crippen molar-refractivity contribution < 1.29 is 14.2 Å². The van der Waals surface area contributed by atoms with Gasteiger partial charge in [0.05, 0.1) is 42.9 Å². The molecule has 2 aliphatic rings. The molecule has 0 atom stereocenters. The standard InChI is InChI=1S/C25H34BrN3O3/c1-5-30-13-22(17-7-6-8-17)29-21-12-27-20-11-18(26)9-10-19(20)23(21)28-14-25(4)15-31-24(2,3)32-16-25/h9-12,29H,5-8,13-16H2,1-4H3,(H,27,28). The van der Waals surface area contributed by atoms with Crippen molar-refractivity contribution in [3.8, 4) is 0 Å². The second-order valence-corrected chi connectivity index (χ2v) is 10.5. The molecule has 1 saturated heterocycles. The van der Waals surface area contributed by atoms with E-state index in [0.29, 0.717) is 26.4 Å². The highest BCUT2D eigenvalue weighted by molar-refractivity contribution is 9.10. The molecule has 0 amide bonds. The van der Waals surface area contributed by atoms with Gasteiger partial charge < -0.3 is 24.8 Å². The molecular formula is C25H34BrN3O3. The molecule has 0 unspecified atom stereocenters. The number of hydrogen-bond acceptors (Lipinski definition) is 6. The molecule has 0 spiro atoms. The SMILES string of the molecule is CCOCC(Nc1cnc2cc(Br)ccc2c1NCC1(C)COC(C)(C)OC1)=C1CCC1. The first-order chi connectivity index (χ1) is 15.3. The number of nitrogens with zero attached hydrogens (tertiary/aromatic N) is 1. The molecule has 32 heavy (non-hydrogen) atoms. The van der Waals surface area contributed by atoms with Crippen LogP contribution in [0.4, 0.5) is 11.4 Å². The van der Waals surface area contributed by atoms with Crippen LogP contribution in [0.3, 0.4) is 0 Å². The number of aromatic nitrogens is 1. The lowest BCUT2D eigenvalue weighted by Gasteiger charge is -2.41. The van der Waals surface area contributed by atoms with Gasteiger partial charge in [-0.2, -0.15) is 0 Å². The maximum Gasteiger partial charge on any atom is 0.162 e. The van der Waals surface area contributed by atoms with Crippen LogP contribution in [0.5, 0.6) is 0 Å². The molecule has 6 nitrogen and oxygen atoms in total. The average Bonchev–Trinajstić information content (AvgIpc) is 2.72. The second-order valence-electron chi connectivity index (χ2n) is 9.55. The van der Waals surface area contributed by atoms with Crippen molar-refractivity contribution in [3.63, 3.8) is 0 Å². The highest BCUT2D eigenvalue weighted by Crippen LogP contribution is 2.37. The Morgan fingerprint density at radius 3 is 2.59 bits per heavy atom. The van der Waals surface area contributed by atoms with Gasteiger partial charge in [-0.05, 0) is 63.8 Å². The third-order valence-electron chi connectivity index (χ3n) is 6.18. The van der Waals surface area contributed by atoms with Crippen LogP contribution in [0, 0.1) is 5.41 Å². The third-order valence-corrected chi connectivity index (χ3v) is 6.67. The van der Waals surface area contributed by atoms with Crippen LogP contribution in [0.2, 0.25) is 0 Å². The highest BCUT2D eigenvalue weighted by atomic mass is 79.9. The van der Waals surface area contributed by atoms with E-state index in [4.69, 9.17) is 19.2 Å². The molecular weight excluding hydrogens is 470 g/mol. The highest BCUT2D eigenvalue weighted by Gasteiger charge is 2.36. The van der Waals surface area contributed by atoms with E-state index in [1.807, 2.05) is 33.0 Å². The number of nitrogens with one attached hydrogen (secondary N) is 2. The van der Waals surface area contributed by atoms with E-state index < -0.39 is 5.79 Å². The quantitative estimate of drug-likeness (QED) is 0.454. The molecule has 2 aromatic rings. The van der Waals surface area contributed by atoms with Crippen molar-refractivity contribution in [2.45, 2.75) is 52.7 Å². The Hall–Kier alpha value is -1.67. The number of hydrogen-bond donors (Lipinski definition) is 2. The predicted octanol–water partition coefficient (Wildman–Crippen LogP) is 6.08. The monoisotopic (exact) mass is 503 g/mol.